The number of hydrogen-bond donors (Lipinski definition) is 0. The lowest BCUT2D eigenvalue weighted by Gasteiger charge is -2.32. The molecule has 2 aliphatic rings. The number of carbonyl (C=O) groups is 1. The Bertz CT molecular complexity index is 1390. The van der Waals surface area contributed by atoms with Gasteiger partial charge in [-0.05, 0) is 24.6 Å². The summed E-state index contributed by atoms with van der Waals surface area (Å²) < 4.78 is 62.1. The van der Waals surface area contributed by atoms with E-state index in [0.717, 1.165) is 12.3 Å². The Kier molecular flexibility index (Phi) is 6.80. The highest BCUT2D eigenvalue weighted by atomic mass is 35.5. The van der Waals surface area contributed by atoms with Gasteiger partial charge in [0.2, 0.25) is 0 Å². The van der Waals surface area contributed by atoms with Crippen molar-refractivity contribution in [2.24, 2.45) is 4.99 Å². The quantitative estimate of drug-likeness (QED) is 0.273. The second-order valence-electron chi connectivity index (χ2n) is 8.67. The number of thiazole rings is 1. The Morgan fingerprint density at radius 2 is 2.16 bits per heavy atom. The number of methoxy groups -OCH3 is 1. The van der Waals surface area contributed by atoms with Crippen molar-refractivity contribution in [3.63, 3.8) is 0 Å². The number of allylic oxidation sites excluding steroid dienone is 1. The molecular formula is C24H20ClF4N5O2S. The van der Waals surface area contributed by atoms with Crippen molar-refractivity contribution in [3.05, 3.63) is 74.8 Å². The zero-order valence-electron chi connectivity index (χ0n) is 19.4. The number of aromatic nitrogens is 3. The second-order valence-corrected chi connectivity index (χ2v) is 9.97. The Hall–Kier alpha value is -3.25. The van der Waals surface area contributed by atoms with Gasteiger partial charge in [-0.2, -0.15) is 13.9 Å². The molecule has 0 spiro atoms. The molecule has 0 bridgehead atoms. The number of ether oxygens (including phenoxy) is 1. The largest absolute Gasteiger partial charge is 0.469 e. The fourth-order valence-electron chi connectivity index (χ4n) is 4.61. The third kappa shape index (κ3) is 4.87. The van der Waals surface area contributed by atoms with Crippen molar-refractivity contribution in [2.45, 2.75) is 37.5 Å². The maximum absolute atomic E-state index is 16.2. The van der Waals surface area contributed by atoms with Crippen molar-refractivity contribution in [1.29, 1.82) is 0 Å². The van der Waals surface area contributed by atoms with Gasteiger partial charge in [0.05, 0.1) is 19.3 Å². The first-order chi connectivity index (χ1) is 17.7. The lowest BCUT2D eigenvalue weighted by atomic mass is 9.90. The maximum atomic E-state index is 16.2. The van der Waals surface area contributed by atoms with Crippen LogP contribution in [0.3, 0.4) is 0 Å². The summed E-state index contributed by atoms with van der Waals surface area (Å²) in [5.41, 5.74) is -0.468. The van der Waals surface area contributed by atoms with E-state index in [0.29, 0.717) is 32.4 Å². The van der Waals surface area contributed by atoms with Crippen LogP contribution in [-0.2, 0) is 9.53 Å². The fraction of sp³-hybridized carbons (Fsp3) is 0.333. The van der Waals surface area contributed by atoms with Crippen LogP contribution in [0.1, 0.15) is 48.1 Å². The predicted octanol–water partition coefficient (Wildman–Crippen LogP) is 5.81. The normalized spacial score (nSPS) is 21.4. The molecule has 0 unspecified atom stereocenters. The van der Waals surface area contributed by atoms with Gasteiger partial charge in [0.15, 0.2) is 10.8 Å². The van der Waals surface area contributed by atoms with E-state index in [1.165, 1.54) is 36.6 Å². The van der Waals surface area contributed by atoms with Crippen LogP contribution in [0, 0.1) is 5.82 Å². The molecule has 1 aromatic carbocycles. The predicted molar refractivity (Wildman–Crippen MR) is 130 cm³/mol. The maximum Gasteiger partial charge on any atom is 0.333 e. The van der Waals surface area contributed by atoms with Crippen LogP contribution in [0.2, 0.25) is 5.02 Å². The number of rotatable bonds is 7. The third-order valence-corrected chi connectivity index (χ3v) is 7.41. The molecule has 7 nitrogen and oxygen atoms in total. The number of amidine groups is 1. The minimum absolute atomic E-state index is 0.0716. The van der Waals surface area contributed by atoms with E-state index in [9.17, 15) is 18.0 Å². The highest BCUT2D eigenvalue weighted by Gasteiger charge is 2.48. The highest BCUT2D eigenvalue weighted by Crippen LogP contribution is 2.49. The number of nitrogens with zero attached hydrogens (tertiary/aromatic N) is 5. The van der Waals surface area contributed by atoms with Gasteiger partial charge >= 0.3 is 12.5 Å². The summed E-state index contributed by atoms with van der Waals surface area (Å²) >= 11 is 7.71. The molecule has 1 fully saturated rings. The molecule has 1 saturated heterocycles. The second kappa shape index (κ2) is 9.90. The number of hydrogen-bond acceptors (Lipinski definition) is 7. The Balaban J connectivity index is 1.69. The van der Waals surface area contributed by atoms with Crippen LogP contribution in [0.5, 0.6) is 0 Å². The van der Waals surface area contributed by atoms with Gasteiger partial charge in [-0.15, -0.1) is 11.3 Å². The zero-order chi connectivity index (χ0) is 26.3. The SMILES string of the molecule is COC(=O)CC[C@]1(F)CC2=C(c3ccn(C(F)F)n3)[C@H](c3ccc(F)cc3Cl)N=C(c3nccs3)N2C1. The standard InChI is InChI=1S/C24H20ClF4N5O2S/c1-36-18(35)4-6-24(29)11-17-19(16-5-8-34(32-16)23(27)28)20(14-3-2-13(26)10-15(14)25)31-21(33(17)12-24)22-30-7-9-37-22/h2-3,5,7-10,20,23H,4,6,11-12H2,1H3/t20-,24-/m0/s1. The molecule has 0 radical (unpaired) electrons. The van der Waals surface area contributed by atoms with E-state index < -0.39 is 30.0 Å². The van der Waals surface area contributed by atoms with Gasteiger partial charge in [-0.1, -0.05) is 17.7 Å². The van der Waals surface area contributed by atoms with Crippen molar-refractivity contribution in [3.8, 4) is 0 Å². The molecule has 13 heteroatoms. The summed E-state index contributed by atoms with van der Waals surface area (Å²) in [5.74, 6) is -0.737. The molecule has 5 rings (SSSR count). The van der Waals surface area contributed by atoms with Crippen LogP contribution in [0.15, 0.2) is 52.7 Å². The molecule has 0 N–H and O–H groups in total. The number of halogens is 5. The first-order valence-corrected chi connectivity index (χ1v) is 12.5. The van der Waals surface area contributed by atoms with E-state index in [1.807, 2.05) is 0 Å². The Labute approximate surface area is 218 Å². The molecule has 2 aliphatic heterocycles. The Morgan fingerprint density at radius 1 is 1.35 bits per heavy atom. The molecule has 0 saturated carbocycles. The van der Waals surface area contributed by atoms with Crippen LogP contribution >= 0.6 is 22.9 Å². The van der Waals surface area contributed by atoms with Crippen molar-refractivity contribution in [2.75, 3.05) is 13.7 Å². The van der Waals surface area contributed by atoms with Gasteiger partial charge < -0.3 is 9.64 Å². The summed E-state index contributed by atoms with van der Waals surface area (Å²) in [6.07, 6.45) is 2.31. The van der Waals surface area contributed by atoms with E-state index in [4.69, 9.17) is 16.6 Å². The smallest absolute Gasteiger partial charge is 0.333 e. The molecule has 2 atom stereocenters. The van der Waals surface area contributed by atoms with E-state index >= 15 is 4.39 Å². The summed E-state index contributed by atoms with van der Waals surface area (Å²) in [7, 11) is 1.23. The van der Waals surface area contributed by atoms with Crippen LogP contribution in [-0.4, -0.2) is 50.8 Å². The van der Waals surface area contributed by atoms with Crippen LogP contribution in [0.25, 0.3) is 5.57 Å². The molecule has 3 aromatic rings. The number of benzene rings is 1. The molecule has 194 valence electrons. The van der Waals surface area contributed by atoms with Gasteiger partial charge in [0.25, 0.3) is 0 Å². The molecule has 2 aromatic heterocycles. The molecule has 4 heterocycles. The summed E-state index contributed by atoms with van der Waals surface area (Å²) in [4.78, 5) is 22.6. The minimum Gasteiger partial charge on any atom is -0.469 e. The van der Waals surface area contributed by atoms with Gasteiger partial charge in [-0.3, -0.25) is 9.79 Å². The molecule has 0 amide bonds. The average molecular weight is 554 g/mol. The van der Waals surface area contributed by atoms with Gasteiger partial charge in [0.1, 0.15) is 17.5 Å². The van der Waals surface area contributed by atoms with Gasteiger partial charge in [0, 0.05) is 52.5 Å². The van der Waals surface area contributed by atoms with Crippen LogP contribution < -0.4 is 0 Å². The number of carbonyl (C=O) groups excluding carboxylic acids is 1. The number of esters is 1. The van der Waals surface area contributed by atoms with Crippen LogP contribution in [0.4, 0.5) is 17.6 Å². The van der Waals surface area contributed by atoms with Gasteiger partial charge in [-0.25, -0.2) is 18.4 Å². The first kappa shape index (κ1) is 25.4. The topological polar surface area (TPSA) is 72.6 Å². The molecule has 37 heavy (non-hydrogen) atoms. The van der Waals surface area contributed by atoms with Crippen molar-refractivity contribution < 1.29 is 27.1 Å². The number of fused-ring (bicyclic) bond motifs is 1. The minimum atomic E-state index is -2.88. The Morgan fingerprint density at radius 3 is 2.81 bits per heavy atom. The fourth-order valence-corrected chi connectivity index (χ4v) is 5.53. The zero-order valence-corrected chi connectivity index (χ0v) is 20.9. The first-order valence-electron chi connectivity index (χ1n) is 11.2. The average Bonchev–Trinajstić information content (AvgIpc) is 3.62. The van der Waals surface area contributed by atoms with E-state index in [2.05, 4.69) is 14.8 Å². The summed E-state index contributed by atoms with van der Waals surface area (Å²) in [6, 6.07) is 4.30. The monoisotopic (exact) mass is 553 g/mol. The lowest BCUT2D eigenvalue weighted by Crippen LogP contribution is -2.36. The number of aliphatic imine (C=N–C) groups is 1. The van der Waals surface area contributed by atoms with Crippen molar-refractivity contribution >= 4 is 40.3 Å². The third-order valence-electron chi connectivity index (χ3n) is 6.31. The molecular weight excluding hydrogens is 534 g/mol. The summed E-state index contributed by atoms with van der Waals surface area (Å²) in [6.45, 7) is -3.02. The highest BCUT2D eigenvalue weighted by molar-refractivity contribution is 7.11. The van der Waals surface area contributed by atoms with E-state index in [1.54, 1.807) is 16.5 Å². The number of alkyl halides is 3. The molecule has 0 aliphatic carbocycles. The summed E-state index contributed by atoms with van der Waals surface area (Å²) in [5, 5.41) is 6.35. The van der Waals surface area contributed by atoms with E-state index in [-0.39, 0.29) is 36.5 Å². The van der Waals surface area contributed by atoms with Crippen molar-refractivity contribution in [1.82, 2.24) is 19.7 Å². The lowest BCUT2D eigenvalue weighted by molar-refractivity contribution is -0.141.